The summed E-state index contributed by atoms with van der Waals surface area (Å²) in [4.78, 5) is 14.4. The Balaban J connectivity index is 1.30. The highest BCUT2D eigenvalue weighted by atomic mass is 16.5. The zero-order valence-electron chi connectivity index (χ0n) is 18.7. The van der Waals surface area contributed by atoms with Gasteiger partial charge >= 0.3 is 0 Å². The van der Waals surface area contributed by atoms with Crippen LogP contribution in [0.1, 0.15) is 21.5 Å². The fourth-order valence-corrected chi connectivity index (χ4v) is 3.44. The molecule has 2 heterocycles. The van der Waals surface area contributed by atoms with Crippen LogP contribution in [0, 0.1) is 23.7 Å². The van der Waals surface area contributed by atoms with E-state index in [0.29, 0.717) is 23.4 Å². The number of rotatable bonds is 4. The number of piperazine rings is 1. The van der Waals surface area contributed by atoms with Gasteiger partial charge in [0.25, 0.3) is 5.91 Å². The van der Waals surface area contributed by atoms with Crippen LogP contribution < -0.4 is 10.6 Å². The number of hydrogen-bond acceptors (Lipinski definition) is 5. The van der Waals surface area contributed by atoms with E-state index in [0.717, 1.165) is 43.0 Å². The average molecular weight is 452 g/mol. The summed E-state index contributed by atoms with van der Waals surface area (Å²) >= 11 is 0. The van der Waals surface area contributed by atoms with Gasteiger partial charge in [0.15, 0.2) is 11.5 Å². The monoisotopic (exact) mass is 451 g/mol. The fraction of sp³-hybridized carbons (Fsp3) is 0.179. The maximum absolute atomic E-state index is 12.5. The van der Waals surface area contributed by atoms with Crippen LogP contribution in [0.5, 0.6) is 0 Å². The predicted molar refractivity (Wildman–Crippen MR) is 133 cm³/mol. The molecular formula is C28H25N3O3. The molecule has 1 amide bonds. The van der Waals surface area contributed by atoms with Crippen LogP contribution in [0.2, 0.25) is 0 Å². The van der Waals surface area contributed by atoms with Crippen molar-refractivity contribution in [2.75, 3.05) is 38.0 Å². The summed E-state index contributed by atoms with van der Waals surface area (Å²) in [6.07, 6.45) is 3.11. The second-order valence-electron chi connectivity index (χ2n) is 7.77. The molecule has 0 spiro atoms. The van der Waals surface area contributed by atoms with Crippen LogP contribution in [0.25, 0.3) is 0 Å². The van der Waals surface area contributed by atoms with E-state index >= 15 is 0 Å². The normalized spacial score (nSPS) is 14.9. The summed E-state index contributed by atoms with van der Waals surface area (Å²) in [5.41, 5.74) is 3.72. The Morgan fingerprint density at radius 3 is 2.29 bits per heavy atom. The van der Waals surface area contributed by atoms with Gasteiger partial charge in [0, 0.05) is 54.1 Å². The SMILES string of the molecule is C=C1C=COC(CNc2ccc(C#CC#Cc3ccc(C(=O)N4CCNCC4)cc3)cc2)=C1O. The van der Waals surface area contributed by atoms with Gasteiger partial charge in [-0.05, 0) is 66.4 Å². The number of nitrogens with zero attached hydrogens (tertiary/aromatic N) is 1. The number of aliphatic hydroxyl groups is 1. The number of allylic oxidation sites excluding steroid dienone is 1. The number of anilines is 1. The van der Waals surface area contributed by atoms with E-state index < -0.39 is 0 Å². The quantitative estimate of drug-likeness (QED) is 0.622. The van der Waals surface area contributed by atoms with E-state index in [1.54, 1.807) is 6.08 Å². The number of ether oxygens (including phenoxy) is 1. The summed E-state index contributed by atoms with van der Waals surface area (Å²) in [5, 5.41) is 16.4. The van der Waals surface area contributed by atoms with Crippen LogP contribution in [0.3, 0.4) is 0 Å². The molecule has 1 saturated heterocycles. The summed E-state index contributed by atoms with van der Waals surface area (Å²) in [7, 11) is 0. The Labute approximate surface area is 199 Å². The van der Waals surface area contributed by atoms with E-state index in [2.05, 4.69) is 40.9 Å². The highest BCUT2D eigenvalue weighted by Crippen LogP contribution is 2.19. The minimum atomic E-state index is 0.0526. The molecule has 4 rings (SSSR count). The van der Waals surface area contributed by atoms with Crippen molar-refractivity contribution >= 4 is 11.6 Å². The van der Waals surface area contributed by atoms with Crippen molar-refractivity contribution in [1.29, 1.82) is 0 Å². The topological polar surface area (TPSA) is 73.8 Å². The molecule has 0 radical (unpaired) electrons. The first-order valence-corrected chi connectivity index (χ1v) is 11.0. The molecule has 6 heteroatoms. The van der Waals surface area contributed by atoms with Crippen molar-refractivity contribution < 1.29 is 14.6 Å². The van der Waals surface area contributed by atoms with Crippen molar-refractivity contribution in [3.05, 3.63) is 101 Å². The molecule has 0 aromatic heterocycles. The highest BCUT2D eigenvalue weighted by molar-refractivity contribution is 5.94. The first-order valence-electron chi connectivity index (χ1n) is 11.0. The van der Waals surface area contributed by atoms with Crippen LogP contribution in [0.4, 0.5) is 5.69 Å². The number of hydrogen-bond donors (Lipinski definition) is 3. The molecule has 6 nitrogen and oxygen atoms in total. The number of nitrogens with one attached hydrogen (secondary N) is 2. The van der Waals surface area contributed by atoms with Crippen LogP contribution in [-0.4, -0.2) is 48.6 Å². The molecule has 2 aliphatic heterocycles. The van der Waals surface area contributed by atoms with E-state index in [-0.39, 0.29) is 11.7 Å². The predicted octanol–water partition coefficient (Wildman–Crippen LogP) is 3.42. The lowest BCUT2D eigenvalue weighted by Crippen LogP contribution is -2.46. The van der Waals surface area contributed by atoms with Gasteiger partial charge < -0.3 is 25.4 Å². The first kappa shape index (κ1) is 22.8. The minimum Gasteiger partial charge on any atom is -0.504 e. The third-order valence-corrected chi connectivity index (χ3v) is 5.40. The van der Waals surface area contributed by atoms with Gasteiger partial charge in [-0.25, -0.2) is 0 Å². The summed E-state index contributed by atoms with van der Waals surface area (Å²) in [6, 6.07) is 14.9. The molecule has 3 N–H and O–H groups in total. The Kier molecular flexibility index (Phi) is 7.35. The Hall–Kier alpha value is -4.39. The molecular weight excluding hydrogens is 426 g/mol. The van der Waals surface area contributed by atoms with Crippen molar-refractivity contribution in [2.24, 2.45) is 0 Å². The molecule has 0 saturated carbocycles. The Bertz CT molecular complexity index is 1240. The Morgan fingerprint density at radius 2 is 1.65 bits per heavy atom. The first-order chi connectivity index (χ1) is 16.6. The molecule has 2 aliphatic rings. The van der Waals surface area contributed by atoms with Crippen LogP contribution in [0.15, 0.2) is 84.5 Å². The number of benzene rings is 2. The minimum absolute atomic E-state index is 0.0526. The Morgan fingerprint density at radius 1 is 1.03 bits per heavy atom. The lowest BCUT2D eigenvalue weighted by Gasteiger charge is -2.27. The van der Waals surface area contributed by atoms with Gasteiger partial charge in [-0.3, -0.25) is 4.79 Å². The van der Waals surface area contributed by atoms with Gasteiger partial charge in [0.1, 0.15) is 0 Å². The van der Waals surface area contributed by atoms with Crippen molar-refractivity contribution in [3.63, 3.8) is 0 Å². The van der Waals surface area contributed by atoms with E-state index in [4.69, 9.17) is 4.74 Å². The van der Waals surface area contributed by atoms with Crippen molar-refractivity contribution in [2.45, 2.75) is 0 Å². The molecule has 1 fully saturated rings. The number of carbonyl (C=O) groups is 1. The van der Waals surface area contributed by atoms with Gasteiger partial charge in [-0.2, -0.15) is 0 Å². The zero-order valence-corrected chi connectivity index (χ0v) is 18.7. The molecule has 170 valence electrons. The molecule has 0 atom stereocenters. The lowest BCUT2D eigenvalue weighted by atomic mass is 10.1. The summed E-state index contributed by atoms with van der Waals surface area (Å²) in [5.74, 6) is 12.3. The number of aliphatic hydroxyl groups excluding tert-OH is 1. The summed E-state index contributed by atoms with van der Waals surface area (Å²) < 4.78 is 5.32. The van der Waals surface area contributed by atoms with E-state index in [1.165, 1.54) is 6.26 Å². The largest absolute Gasteiger partial charge is 0.504 e. The average Bonchev–Trinajstić information content (AvgIpc) is 2.89. The highest BCUT2D eigenvalue weighted by Gasteiger charge is 2.17. The third kappa shape index (κ3) is 5.89. The van der Waals surface area contributed by atoms with E-state index in [9.17, 15) is 9.90 Å². The van der Waals surface area contributed by atoms with E-state index in [1.807, 2.05) is 53.4 Å². The van der Waals surface area contributed by atoms with Crippen molar-refractivity contribution in [3.8, 4) is 23.7 Å². The van der Waals surface area contributed by atoms with Gasteiger partial charge in [-0.15, -0.1) is 0 Å². The third-order valence-electron chi connectivity index (χ3n) is 5.40. The second kappa shape index (κ2) is 11.0. The molecule has 0 aliphatic carbocycles. The van der Waals surface area contributed by atoms with Gasteiger partial charge in [0.05, 0.1) is 12.8 Å². The van der Waals surface area contributed by atoms with Crippen LogP contribution >= 0.6 is 0 Å². The second-order valence-corrected chi connectivity index (χ2v) is 7.77. The van der Waals surface area contributed by atoms with Gasteiger partial charge in [-0.1, -0.05) is 18.4 Å². The number of amides is 1. The molecule has 2 aromatic carbocycles. The maximum atomic E-state index is 12.5. The molecule has 2 aromatic rings. The standard InChI is InChI=1S/C28H25N3O3/c1-21-14-19-34-26(27(21)32)20-30-25-12-8-23(9-13-25)5-3-2-4-22-6-10-24(11-7-22)28(33)31-17-15-29-16-18-31/h6-14,19,29-30,32H,1,15-18,20H2. The molecule has 34 heavy (non-hydrogen) atoms. The van der Waals surface area contributed by atoms with Crippen LogP contribution in [-0.2, 0) is 4.74 Å². The zero-order chi connectivity index (χ0) is 23.8. The molecule has 0 bridgehead atoms. The molecule has 0 unspecified atom stereocenters. The summed E-state index contributed by atoms with van der Waals surface area (Å²) in [6.45, 7) is 7.22. The fourth-order valence-electron chi connectivity index (χ4n) is 3.44. The van der Waals surface area contributed by atoms with Gasteiger partial charge in [0.2, 0.25) is 0 Å². The maximum Gasteiger partial charge on any atom is 0.253 e. The lowest BCUT2D eigenvalue weighted by molar-refractivity contribution is 0.0736. The van der Waals surface area contributed by atoms with Crippen molar-refractivity contribution in [1.82, 2.24) is 10.2 Å². The number of carbonyl (C=O) groups excluding carboxylic acids is 1. The smallest absolute Gasteiger partial charge is 0.253 e.